The molecule has 154 valence electrons. The fourth-order valence-electron chi connectivity index (χ4n) is 2.85. The molecule has 0 spiro atoms. The van der Waals surface area contributed by atoms with Gasteiger partial charge >= 0.3 is 5.97 Å². The lowest BCUT2D eigenvalue weighted by Gasteiger charge is -2.08. The van der Waals surface area contributed by atoms with E-state index in [2.05, 4.69) is 0 Å². The van der Waals surface area contributed by atoms with Gasteiger partial charge in [-0.2, -0.15) is 0 Å². The van der Waals surface area contributed by atoms with Crippen LogP contribution in [0.1, 0.15) is 44.3 Å². The monoisotopic (exact) mass is 422 g/mol. The Morgan fingerprint density at radius 1 is 0.767 bits per heavy atom. The van der Waals surface area contributed by atoms with E-state index in [-0.39, 0.29) is 23.0 Å². The van der Waals surface area contributed by atoms with Crippen LogP contribution in [0.25, 0.3) is 0 Å². The number of esters is 1. The number of sulfone groups is 1. The normalized spacial score (nSPS) is 11.1. The number of rotatable bonds is 7. The third kappa shape index (κ3) is 5.42. The van der Waals surface area contributed by atoms with Crippen molar-refractivity contribution in [1.82, 2.24) is 0 Å². The summed E-state index contributed by atoms with van der Waals surface area (Å²) < 4.78 is 30.4. The van der Waals surface area contributed by atoms with Crippen molar-refractivity contribution in [2.24, 2.45) is 0 Å². The third-order valence-corrected chi connectivity index (χ3v) is 6.36. The van der Waals surface area contributed by atoms with Crippen molar-refractivity contribution < 1.29 is 22.7 Å². The van der Waals surface area contributed by atoms with Gasteiger partial charge in [-0.1, -0.05) is 54.1 Å². The SMILES string of the molecule is CC(=O)c1ccc(COC(=O)c2ccc(CS(=O)(=O)c3ccc(C)cc3)cc2)cc1. The van der Waals surface area contributed by atoms with Gasteiger partial charge in [0, 0.05) is 5.56 Å². The number of ketones is 1. The Balaban J connectivity index is 1.61. The molecule has 0 aliphatic rings. The average molecular weight is 423 g/mol. The van der Waals surface area contributed by atoms with Crippen LogP contribution in [0.15, 0.2) is 77.7 Å². The largest absolute Gasteiger partial charge is 0.457 e. The van der Waals surface area contributed by atoms with E-state index in [1.165, 1.54) is 6.92 Å². The smallest absolute Gasteiger partial charge is 0.338 e. The van der Waals surface area contributed by atoms with Crippen LogP contribution in [0.3, 0.4) is 0 Å². The molecule has 0 bridgehead atoms. The molecule has 0 heterocycles. The molecular weight excluding hydrogens is 400 g/mol. The second-order valence-electron chi connectivity index (χ2n) is 7.10. The molecule has 0 saturated carbocycles. The molecule has 6 heteroatoms. The van der Waals surface area contributed by atoms with Crippen LogP contribution in [0.2, 0.25) is 0 Å². The summed E-state index contributed by atoms with van der Waals surface area (Å²) in [6, 6.07) is 19.9. The van der Waals surface area contributed by atoms with E-state index in [9.17, 15) is 18.0 Å². The lowest BCUT2D eigenvalue weighted by molar-refractivity contribution is 0.0472. The number of ether oxygens (including phenoxy) is 1. The first-order chi connectivity index (χ1) is 14.2. The lowest BCUT2D eigenvalue weighted by Crippen LogP contribution is -2.07. The zero-order chi connectivity index (χ0) is 21.7. The number of aryl methyl sites for hydroxylation is 1. The molecule has 0 N–H and O–H groups in total. The number of Topliss-reactive ketones (excluding diaryl/α,β-unsaturated/α-hetero) is 1. The quantitative estimate of drug-likeness (QED) is 0.413. The second kappa shape index (κ2) is 9.05. The maximum Gasteiger partial charge on any atom is 0.338 e. The van der Waals surface area contributed by atoms with Crippen molar-refractivity contribution in [1.29, 1.82) is 0 Å². The van der Waals surface area contributed by atoms with Gasteiger partial charge in [-0.05, 0) is 49.2 Å². The number of carbonyl (C=O) groups is 2. The van der Waals surface area contributed by atoms with Crippen LogP contribution in [0.5, 0.6) is 0 Å². The van der Waals surface area contributed by atoms with E-state index in [1.54, 1.807) is 72.8 Å². The zero-order valence-corrected chi connectivity index (χ0v) is 17.6. The predicted octanol–water partition coefficient (Wildman–Crippen LogP) is 4.53. The second-order valence-corrected chi connectivity index (χ2v) is 9.09. The fraction of sp³-hybridized carbons (Fsp3) is 0.167. The van der Waals surface area contributed by atoms with E-state index in [4.69, 9.17) is 4.74 Å². The van der Waals surface area contributed by atoms with Crippen molar-refractivity contribution in [2.75, 3.05) is 0 Å². The molecule has 0 aliphatic carbocycles. The van der Waals surface area contributed by atoms with Gasteiger partial charge in [0.05, 0.1) is 16.2 Å². The Morgan fingerprint density at radius 3 is 1.87 bits per heavy atom. The Kier molecular flexibility index (Phi) is 6.47. The standard InChI is InChI=1S/C24H22O5S/c1-17-3-13-23(14-4-17)30(27,28)16-20-7-11-22(12-8-20)24(26)29-15-19-5-9-21(10-6-19)18(2)25/h3-14H,15-16H2,1-2H3. The first-order valence-electron chi connectivity index (χ1n) is 9.40. The minimum absolute atomic E-state index is 0.0250. The summed E-state index contributed by atoms with van der Waals surface area (Å²) in [6.07, 6.45) is 0. The summed E-state index contributed by atoms with van der Waals surface area (Å²) in [5.41, 5.74) is 3.29. The van der Waals surface area contributed by atoms with Gasteiger partial charge < -0.3 is 4.74 Å². The van der Waals surface area contributed by atoms with Crippen LogP contribution >= 0.6 is 0 Å². The molecule has 30 heavy (non-hydrogen) atoms. The van der Waals surface area contributed by atoms with Crippen LogP contribution < -0.4 is 0 Å². The van der Waals surface area contributed by atoms with Gasteiger partial charge in [0.15, 0.2) is 15.6 Å². The first kappa shape index (κ1) is 21.5. The van der Waals surface area contributed by atoms with Crippen molar-refractivity contribution in [3.8, 4) is 0 Å². The molecule has 0 radical (unpaired) electrons. The molecule has 0 aliphatic heterocycles. The van der Waals surface area contributed by atoms with Crippen LogP contribution in [-0.2, 0) is 26.9 Å². The highest BCUT2D eigenvalue weighted by Crippen LogP contribution is 2.18. The third-order valence-electron chi connectivity index (χ3n) is 4.66. The van der Waals surface area contributed by atoms with E-state index in [0.717, 1.165) is 11.1 Å². The predicted molar refractivity (Wildman–Crippen MR) is 114 cm³/mol. The Labute approximate surface area is 176 Å². The number of benzene rings is 3. The van der Waals surface area contributed by atoms with Crippen molar-refractivity contribution in [3.05, 3.63) is 101 Å². The fourth-order valence-corrected chi connectivity index (χ4v) is 4.20. The molecule has 0 fully saturated rings. The van der Waals surface area contributed by atoms with Crippen molar-refractivity contribution >= 4 is 21.6 Å². The molecule has 0 saturated heterocycles. The van der Waals surface area contributed by atoms with Crippen molar-refractivity contribution in [2.45, 2.75) is 31.1 Å². The van der Waals surface area contributed by atoms with Crippen LogP contribution in [0, 0.1) is 6.92 Å². The highest BCUT2D eigenvalue weighted by molar-refractivity contribution is 7.90. The topological polar surface area (TPSA) is 77.5 Å². The summed E-state index contributed by atoms with van der Waals surface area (Å²) >= 11 is 0. The van der Waals surface area contributed by atoms with E-state index in [1.807, 2.05) is 6.92 Å². The average Bonchev–Trinajstić information content (AvgIpc) is 2.73. The van der Waals surface area contributed by atoms with Gasteiger partial charge in [-0.3, -0.25) is 4.79 Å². The van der Waals surface area contributed by atoms with Gasteiger partial charge in [0.1, 0.15) is 6.61 Å². The van der Waals surface area contributed by atoms with Gasteiger partial charge in [0.2, 0.25) is 0 Å². The molecular formula is C24H22O5S. The summed E-state index contributed by atoms with van der Waals surface area (Å²) in [4.78, 5) is 23.8. The Hall–Kier alpha value is -3.25. The summed E-state index contributed by atoms with van der Waals surface area (Å²) in [6.45, 7) is 3.47. The molecule has 3 rings (SSSR count). The number of hydrogen-bond donors (Lipinski definition) is 0. The van der Waals surface area contributed by atoms with E-state index < -0.39 is 15.8 Å². The Bertz CT molecular complexity index is 1140. The molecule has 0 unspecified atom stereocenters. The summed E-state index contributed by atoms with van der Waals surface area (Å²) in [5, 5.41) is 0. The van der Waals surface area contributed by atoms with Gasteiger partial charge in [-0.25, -0.2) is 13.2 Å². The molecule has 0 atom stereocenters. The highest BCUT2D eigenvalue weighted by atomic mass is 32.2. The van der Waals surface area contributed by atoms with Gasteiger partial charge in [-0.15, -0.1) is 0 Å². The molecule has 0 amide bonds. The lowest BCUT2D eigenvalue weighted by atomic mass is 10.1. The molecule has 3 aromatic rings. The Morgan fingerprint density at radius 2 is 1.30 bits per heavy atom. The zero-order valence-electron chi connectivity index (χ0n) is 16.8. The van der Waals surface area contributed by atoms with Crippen LogP contribution in [-0.4, -0.2) is 20.2 Å². The molecule has 5 nitrogen and oxygen atoms in total. The first-order valence-corrected chi connectivity index (χ1v) is 11.1. The van der Waals surface area contributed by atoms with E-state index >= 15 is 0 Å². The summed E-state index contributed by atoms with van der Waals surface area (Å²) in [5.74, 6) is -0.671. The van der Waals surface area contributed by atoms with E-state index in [0.29, 0.717) is 16.7 Å². The maximum absolute atomic E-state index is 12.5. The van der Waals surface area contributed by atoms with Crippen LogP contribution in [0.4, 0.5) is 0 Å². The highest BCUT2D eigenvalue weighted by Gasteiger charge is 2.16. The molecule has 0 aromatic heterocycles. The minimum Gasteiger partial charge on any atom is -0.457 e. The minimum atomic E-state index is -3.46. The summed E-state index contributed by atoms with van der Waals surface area (Å²) in [7, 11) is -3.46. The maximum atomic E-state index is 12.5. The number of hydrogen-bond acceptors (Lipinski definition) is 5. The molecule has 3 aromatic carbocycles. The van der Waals surface area contributed by atoms with Gasteiger partial charge in [0.25, 0.3) is 0 Å². The number of carbonyl (C=O) groups excluding carboxylic acids is 2. The van der Waals surface area contributed by atoms with Crippen molar-refractivity contribution in [3.63, 3.8) is 0 Å².